The summed E-state index contributed by atoms with van der Waals surface area (Å²) < 4.78 is 5.78. The maximum atomic E-state index is 13.5. The highest BCUT2D eigenvalue weighted by molar-refractivity contribution is 5.81. The average Bonchev–Trinajstić information content (AvgIpc) is 3.39. The maximum Gasteiger partial charge on any atom is 0.242 e. The van der Waals surface area contributed by atoms with Gasteiger partial charge in [0.15, 0.2) is 0 Å². The van der Waals surface area contributed by atoms with Gasteiger partial charge in [0.1, 0.15) is 0 Å². The SMILES string of the molecule is CCC(C)C(C(CC(=O)N1CCC[C@H]1CC(C)C(=O)NCCc1ccccc1)OC)N(C)C(=O)CNC=O. The summed E-state index contributed by atoms with van der Waals surface area (Å²) >= 11 is 0. The second kappa shape index (κ2) is 16.1. The minimum absolute atomic E-state index is 0.00748. The molecular formula is C29H46N4O5. The van der Waals surface area contributed by atoms with E-state index >= 15 is 0 Å². The lowest BCUT2D eigenvalue weighted by molar-refractivity contribution is -0.142. The molecule has 5 atom stereocenters. The Balaban J connectivity index is 1.97. The van der Waals surface area contributed by atoms with E-state index in [0.717, 1.165) is 25.7 Å². The molecule has 0 bridgehead atoms. The van der Waals surface area contributed by atoms with Crippen molar-refractivity contribution in [3.05, 3.63) is 35.9 Å². The lowest BCUT2D eigenvalue weighted by Gasteiger charge is -2.38. The number of nitrogens with one attached hydrogen (secondary N) is 2. The van der Waals surface area contributed by atoms with Crippen molar-refractivity contribution >= 4 is 24.1 Å². The smallest absolute Gasteiger partial charge is 0.242 e. The highest BCUT2D eigenvalue weighted by Crippen LogP contribution is 2.27. The molecular weight excluding hydrogens is 484 g/mol. The molecule has 0 aliphatic carbocycles. The van der Waals surface area contributed by atoms with Crippen LogP contribution in [0.2, 0.25) is 0 Å². The number of likely N-dealkylation sites (tertiary alicyclic amines) is 1. The fraction of sp³-hybridized carbons (Fsp3) is 0.655. The number of methoxy groups -OCH3 is 1. The van der Waals surface area contributed by atoms with E-state index < -0.39 is 6.10 Å². The Bertz CT molecular complexity index is 896. The van der Waals surface area contributed by atoms with Gasteiger partial charge >= 0.3 is 0 Å². The van der Waals surface area contributed by atoms with Gasteiger partial charge in [-0.3, -0.25) is 19.2 Å². The first-order chi connectivity index (χ1) is 18.2. The molecule has 1 saturated heterocycles. The molecule has 4 amide bonds. The van der Waals surface area contributed by atoms with Gasteiger partial charge in [-0.05, 0) is 37.2 Å². The largest absolute Gasteiger partial charge is 0.379 e. The minimum atomic E-state index is -0.484. The van der Waals surface area contributed by atoms with Crippen molar-refractivity contribution in [3.8, 4) is 0 Å². The first-order valence-electron chi connectivity index (χ1n) is 13.8. The predicted molar refractivity (Wildman–Crippen MR) is 147 cm³/mol. The topological polar surface area (TPSA) is 108 Å². The molecule has 0 spiro atoms. The summed E-state index contributed by atoms with van der Waals surface area (Å²) in [6, 6.07) is 9.75. The number of likely N-dealkylation sites (N-methyl/N-ethyl adjacent to an activating group) is 1. The van der Waals surface area contributed by atoms with Gasteiger partial charge in [0.2, 0.25) is 24.1 Å². The Morgan fingerprint density at radius 1 is 1.21 bits per heavy atom. The van der Waals surface area contributed by atoms with Gasteiger partial charge in [0, 0.05) is 39.2 Å². The van der Waals surface area contributed by atoms with E-state index in [1.165, 1.54) is 5.56 Å². The van der Waals surface area contributed by atoms with Crippen molar-refractivity contribution in [2.45, 2.75) is 77.5 Å². The van der Waals surface area contributed by atoms with Crippen molar-refractivity contribution < 1.29 is 23.9 Å². The minimum Gasteiger partial charge on any atom is -0.379 e. The standard InChI is InChI=1S/C29H46N4O5/c1-6-21(2)28(32(4)27(36)19-30-20-34)25(38-5)18-26(35)33-16-10-13-24(33)17-22(3)29(37)31-15-14-23-11-8-7-9-12-23/h7-9,11-12,20-22,24-25,28H,6,10,13-19H2,1-5H3,(H,30,34)(H,31,37)/t21?,22?,24-,25?,28?/m0/s1. The third-order valence-corrected chi connectivity index (χ3v) is 7.79. The molecule has 2 rings (SSSR count). The number of rotatable bonds is 16. The Kier molecular flexibility index (Phi) is 13.3. The molecule has 1 aliphatic rings. The van der Waals surface area contributed by atoms with Gasteiger partial charge in [-0.2, -0.15) is 0 Å². The quantitative estimate of drug-likeness (QED) is 0.319. The summed E-state index contributed by atoms with van der Waals surface area (Å²) in [5.74, 6) is -0.355. The molecule has 9 heteroatoms. The molecule has 9 nitrogen and oxygen atoms in total. The van der Waals surface area contributed by atoms with E-state index in [2.05, 4.69) is 10.6 Å². The van der Waals surface area contributed by atoms with Crippen LogP contribution in [0.1, 0.15) is 58.4 Å². The summed E-state index contributed by atoms with van der Waals surface area (Å²) in [6.45, 7) is 7.14. The second-order valence-corrected chi connectivity index (χ2v) is 10.4. The first-order valence-corrected chi connectivity index (χ1v) is 13.8. The predicted octanol–water partition coefficient (Wildman–Crippen LogP) is 2.39. The lowest BCUT2D eigenvalue weighted by atomic mass is 9.90. The van der Waals surface area contributed by atoms with E-state index in [4.69, 9.17) is 4.74 Å². The van der Waals surface area contributed by atoms with Crippen molar-refractivity contribution in [2.24, 2.45) is 11.8 Å². The summed E-state index contributed by atoms with van der Waals surface area (Å²) in [5, 5.41) is 5.45. The number of hydrogen-bond acceptors (Lipinski definition) is 5. The Morgan fingerprint density at radius 2 is 1.92 bits per heavy atom. The number of amides is 4. The summed E-state index contributed by atoms with van der Waals surface area (Å²) in [6.07, 6.45) is 4.15. The molecule has 1 heterocycles. The van der Waals surface area contributed by atoms with Gasteiger partial charge < -0.3 is 25.2 Å². The fourth-order valence-electron chi connectivity index (χ4n) is 5.37. The maximum absolute atomic E-state index is 13.5. The Hall–Kier alpha value is -2.94. The van der Waals surface area contributed by atoms with Crippen LogP contribution in [0, 0.1) is 11.8 Å². The van der Waals surface area contributed by atoms with Crippen LogP contribution >= 0.6 is 0 Å². The zero-order valence-electron chi connectivity index (χ0n) is 23.7. The monoisotopic (exact) mass is 530 g/mol. The van der Waals surface area contributed by atoms with E-state index in [1.54, 1.807) is 19.1 Å². The number of carbonyl (C=O) groups is 4. The molecule has 0 saturated carbocycles. The van der Waals surface area contributed by atoms with Crippen molar-refractivity contribution in [2.75, 3.05) is 33.8 Å². The number of nitrogens with zero attached hydrogens (tertiary/aromatic N) is 2. The van der Waals surface area contributed by atoms with Gasteiger partial charge in [0.25, 0.3) is 0 Å². The van der Waals surface area contributed by atoms with Gasteiger partial charge in [-0.15, -0.1) is 0 Å². The highest BCUT2D eigenvalue weighted by atomic mass is 16.5. The summed E-state index contributed by atoms with van der Waals surface area (Å²) in [5.41, 5.74) is 1.18. The van der Waals surface area contributed by atoms with Crippen LogP contribution in [0.4, 0.5) is 0 Å². The third kappa shape index (κ3) is 9.11. The Labute approximate surface area is 227 Å². The normalized spacial score (nSPS) is 18.2. The van der Waals surface area contributed by atoms with Crippen LogP contribution in [-0.2, 0) is 30.3 Å². The van der Waals surface area contributed by atoms with Crippen molar-refractivity contribution in [1.82, 2.24) is 20.4 Å². The molecule has 1 aromatic rings. The van der Waals surface area contributed by atoms with Crippen LogP contribution in [0.5, 0.6) is 0 Å². The molecule has 0 aromatic heterocycles. The molecule has 38 heavy (non-hydrogen) atoms. The third-order valence-electron chi connectivity index (χ3n) is 7.79. The molecule has 2 N–H and O–H groups in total. The molecule has 1 fully saturated rings. The van der Waals surface area contributed by atoms with E-state index in [-0.39, 0.29) is 54.6 Å². The van der Waals surface area contributed by atoms with Crippen molar-refractivity contribution in [1.29, 1.82) is 0 Å². The lowest BCUT2D eigenvalue weighted by Crippen LogP contribution is -2.52. The fourth-order valence-corrected chi connectivity index (χ4v) is 5.37. The highest BCUT2D eigenvalue weighted by Gasteiger charge is 2.37. The molecule has 212 valence electrons. The number of benzene rings is 1. The van der Waals surface area contributed by atoms with E-state index in [0.29, 0.717) is 25.9 Å². The van der Waals surface area contributed by atoms with Crippen LogP contribution < -0.4 is 10.6 Å². The van der Waals surface area contributed by atoms with Gasteiger partial charge in [-0.1, -0.05) is 57.5 Å². The summed E-state index contributed by atoms with van der Waals surface area (Å²) in [4.78, 5) is 53.0. The number of ether oxygens (including phenoxy) is 1. The average molecular weight is 531 g/mol. The molecule has 4 unspecified atom stereocenters. The Morgan fingerprint density at radius 3 is 2.55 bits per heavy atom. The van der Waals surface area contributed by atoms with Crippen LogP contribution in [0.3, 0.4) is 0 Å². The summed E-state index contributed by atoms with van der Waals surface area (Å²) in [7, 11) is 3.26. The van der Waals surface area contributed by atoms with Gasteiger partial charge in [-0.25, -0.2) is 0 Å². The molecule has 1 aliphatic heterocycles. The molecule has 1 aromatic carbocycles. The zero-order valence-corrected chi connectivity index (χ0v) is 23.7. The first kappa shape index (κ1) is 31.3. The van der Waals surface area contributed by atoms with Crippen LogP contribution in [-0.4, -0.2) is 85.9 Å². The van der Waals surface area contributed by atoms with E-state index in [9.17, 15) is 19.2 Å². The van der Waals surface area contributed by atoms with E-state index in [1.807, 2.05) is 56.0 Å². The zero-order chi connectivity index (χ0) is 28.1. The van der Waals surface area contributed by atoms with Crippen molar-refractivity contribution in [3.63, 3.8) is 0 Å². The van der Waals surface area contributed by atoms with Crippen LogP contribution in [0.25, 0.3) is 0 Å². The number of carbonyl (C=O) groups excluding carboxylic acids is 4. The number of hydrogen-bond donors (Lipinski definition) is 2. The molecule has 0 radical (unpaired) electrons. The van der Waals surface area contributed by atoms with Crippen LogP contribution in [0.15, 0.2) is 30.3 Å². The van der Waals surface area contributed by atoms with Gasteiger partial charge in [0.05, 0.1) is 25.1 Å². The second-order valence-electron chi connectivity index (χ2n) is 10.4.